The minimum Gasteiger partial charge on any atom is -0.332 e. The third kappa shape index (κ3) is 4.28. The summed E-state index contributed by atoms with van der Waals surface area (Å²) in [5.74, 6) is -0.565. The topological polar surface area (TPSA) is 49.4 Å². The first-order valence-electron chi connectivity index (χ1n) is 7.36. The van der Waals surface area contributed by atoms with Crippen molar-refractivity contribution in [2.24, 2.45) is 0 Å². The number of nitrogens with one attached hydrogen (secondary N) is 1. The van der Waals surface area contributed by atoms with E-state index in [0.717, 1.165) is 16.8 Å². The van der Waals surface area contributed by atoms with Gasteiger partial charge in [0.15, 0.2) is 0 Å². The van der Waals surface area contributed by atoms with Crippen LogP contribution in [0.15, 0.2) is 36.4 Å². The Labute approximate surface area is 151 Å². The molecule has 6 heteroatoms. The molecule has 0 aliphatic rings. The molecule has 1 N–H and O–H groups in total. The molecule has 2 aromatic carbocycles. The summed E-state index contributed by atoms with van der Waals surface area (Å²) in [4.78, 5) is 25.9. The van der Waals surface area contributed by atoms with Gasteiger partial charge in [-0.05, 0) is 49.2 Å². The molecule has 0 heterocycles. The van der Waals surface area contributed by atoms with Gasteiger partial charge in [-0.2, -0.15) is 0 Å². The Morgan fingerprint density at radius 2 is 1.79 bits per heavy atom. The normalized spacial score (nSPS) is 10.4. The monoisotopic (exact) mass is 364 g/mol. The van der Waals surface area contributed by atoms with Crippen LogP contribution >= 0.6 is 23.2 Å². The van der Waals surface area contributed by atoms with E-state index in [4.69, 9.17) is 23.2 Å². The standard InChI is InChI=1S/C18H18Cl2N2O2/c1-11-5-4-6-16(12(11)2)21-17(23)10-22(3)18(24)13-7-8-14(19)15(20)9-13/h4-9H,10H2,1-3H3,(H,21,23). The predicted octanol–water partition coefficient (Wildman–Crippen LogP) is 4.32. The lowest BCUT2D eigenvalue weighted by Crippen LogP contribution is -2.35. The van der Waals surface area contributed by atoms with Crippen molar-refractivity contribution in [2.75, 3.05) is 18.9 Å². The van der Waals surface area contributed by atoms with Crippen molar-refractivity contribution < 1.29 is 9.59 Å². The van der Waals surface area contributed by atoms with E-state index >= 15 is 0 Å². The van der Waals surface area contributed by atoms with Crippen LogP contribution in [0.5, 0.6) is 0 Å². The molecule has 0 aromatic heterocycles. The van der Waals surface area contributed by atoms with Crippen molar-refractivity contribution in [3.8, 4) is 0 Å². The molecule has 0 fully saturated rings. The van der Waals surface area contributed by atoms with Crippen molar-refractivity contribution >= 4 is 40.7 Å². The second-order valence-corrected chi connectivity index (χ2v) is 6.40. The number of hydrogen-bond acceptors (Lipinski definition) is 2. The number of carbonyl (C=O) groups is 2. The number of benzene rings is 2. The highest BCUT2D eigenvalue weighted by molar-refractivity contribution is 6.42. The first-order valence-corrected chi connectivity index (χ1v) is 8.11. The number of anilines is 1. The number of carbonyl (C=O) groups excluding carboxylic acids is 2. The summed E-state index contributed by atoms with van der Waals surface area (Å²) in [7, 11) is 1.56. The molecular formula is C18H18Cl2N2O2. The zero-order valence-corrected chi connectivity index (χ0v) is 15.2. The van der Waals surface area contributed by atoms with E-state index in [-0.39, 0.29) is 18.4 Å². The van der Waals surface area contributed by atoms with Crippen molar-refractivity contribution in [1.82, 2.24) is 4.90 Å². The molecular weight excluding hydrogens is 347 g/mol. The van der Waals surface area contributed by atoms with E-state index in [9.17, 15) is 9.59 Å². The van der Waals surface area contributed by atoms with Crippen LogP contribution in [0, 0.1) is 13.8 Å². The van der Waals surface area contributed by atoms with Crippen molar-refractivity contribution in [2.45, 2.75) is 13.8 Å². The molecule has 2 amide bonds. The fourth-order valence-electron chi connectivity index (χ4n) is 2.21. The number of hydrogen-bond donors (Lipinski definition) is 1. The van der Waals surface area contributed by atoms with Crippen LogP contribution in [0.4, 0.5) is 5.69 Å². The van der Waals surface area contributed by atoms with Crippen molar-refractivity contribution in [3.05, 3.63) is 63.1 Å². The number of halogens is 2. The Hall–Kier alpha value is -2.04. The second kappa shape index (κ2) is 7.69. The lowest BCUT2D eigenvalue weighted by molar-refractivity contribution is -0.116. The summed E-state index contributed by atoms with van der Waals surface area (Å²) in [6, 6.07) is 10.3. The highest BCUT2D eigenvalue weighted by atomic mass is 35.5. The van der Waals surface area contributed by atoms with E-state index in [1.807, 2.05) is 32.0 Å². The summed E-state index contributed by atoms with van der Waals surface area (Å²) in [5.41, 5.74) is 3.22. The second-order valence-electron chi connectivity index (χ2n) is 5.59. The van der Waals surface area contributed by atoms with Gasteiger partial charge >= 0.3 is 0 Å². The molecule has 0 aliphatic carbocycles. The highest BCUT2D eigenvalue weighted by Crippen LogP contribution is 2.23. The van der Waals surface area contributed by atoms with Gasteiger partial charge in [0.05, 0.1) is 16.6 Å². The van der Waals surface area contributed by atoms with Crippen LogP contribution in [0.2, 0.25) is 10.0 Å². The minimum atomic E-state index is -0.301. The molecule has 0 spiro atoms. The molecule has 24 heavy (non-hydrogen) atoms. The van der Waals surface area contributed by atoms with Crippen LogP contribution in [0.1, 0.15) is 21.5 Å². The molecule has 0 unspecified atom stereocenters. The smallest absolute Gasteiger partial charge is 0.254 e. The number of likely N-dealkylation sites (N-methyl/N-ethyl adjacent to an activating group) is 1. The van der Waals surface area contributed by atoms with Gasteiger partial charge in [0.1, 0.15) is 0 Å². The fraction of sp³-hybridized carbons (Fsp3) is 0.222. The molecule has 0 radical (unpaired) electrons. The first-order chi connectivity index (χ1) is 11.3. The molecule has 0 bridgehead atoms. The average Bonchev–Trinajstić information content (AvgIpc) is 2.53. The predicted molar refractivity (Wildman–Crippen MR) is 98.0 cm³/mol. The average molecular weight is 365 g/mol. The van der Waals surface area contributed by atoms with Gasteiger partial charge in [-0.1, -0.05) is 35.3 Å². The van der Waals surface area contributed by atoms with Crippen LogP contribution in [0.3, 0.4) is 0 Å². The molecule has 0 atom stereocenters. The molecule has 126 valence electrons. The van der Waals surface area contributed by atoms with E-state index in [1.165, 1.54) is 11.0 Å². The maximum absolute atomic E-state index is 12.4. The third-order valence-electron chi connectivity index (χ3n) is 3.77. The molecule has 0 saturated heterocycles. The largest absolute Gasteiger partial charge is 0.332 e. The van der Waals surface area contributed by atoms with Gasteiger partial charge in [-0.25, -0.2) is 0 Å². The Bertz CT molecular complexity index is 791. The molecule has 2 aromatic rings. The summed E-state index contributed by atoms with van der Waals surface area (Å²) < 4.78 is 0. The maximum atomic E-state index is 12.4. The van der Waals surface area contributed by atoms with Crippen LogP contribution < -0.4 is 5.32 Å². The van der Waals surface area contributed by atoms with Crippen LogP contribution in [-0.2, 0) is 4.79 Å². The van der Waals surface area contributed by atoms with Gasteiger partial charge < -0.3 is 10.2 Å². The lowest BCUT2D eigenvalue weighted by Gasteiger charge is -2.18. The molecule has 0 aliphatic heterocycles. The third-order valence-corrected chi connectivity index (χ3v) is 4.51. The zero-order chi connectivity index (χ0) is 17.9. The van der Waals surface area contributed by atoms with Crippen molar-refractivity contribution in [1.29, 1.82) is 0 Å². The van der Waals surface area contributed by atoms with Crippen LogP contribution in [-0.4, -0.2) is 30.3 Å². The Kier molecular flexibility index (Phi) is 5.86. The highest BCUT2D eigenvalue weighted by Gasteiger charge is 2.16. The van der Waals surface area contributed by atoms with Gasteiger partial charge in [0, 0.05) is 18.3 Å². The van der Waals surface area contributed by atoms with Gasteiger partial charge in [-0.3, -0.25) is 9.59 Å². The number of aryl methyl sites for hydroxylation is 1. The summed E-state index contributed by atoms with van der Waals surface area (Å²) in [6.45, 7) is 3.85. The number of nitrogens with zero attached hydrogens (tertiary/aromatic N) is 1. The maximum Gasteiger partial charge on any atom is 0.254 e. The Morgan fingerprint density at radius 1 is 1.08 bits per heavy atom. The first kappa shape index (κ1) is 18.3. The van der Waals surface area contributed by atoms with E-state index in [1.54, 1.807) is 19.2 Å². The van der Waals surface area contributed by atoms with Gasteiger partial charge in [0.25, 0.3) is 5.91 Å². The van der Waals surface area contributed by atoms with E-state index in [0.29, 0.717) is 15.6 Å². The Morgan fingerprint density at radius 3 is 2.46 bits per heavy atom. The van der Waals surface area contributed by atoms with Crippen LogP contribution in [0.25, 0.3) is 0 Å². The quantitative estimate of drug-likeness (QED) is 0.877. The van der Waals surface area contributed by atoms with E-state index < -0.39 is 0 Å². The molecule has 4 nitrogen and oxygen atoms in total. The van der Waals surface area contributed by atoms with Gasteiger partial charge in [0.2, 0.25) is 5.91 Å². The molecule has 2 rings (SSSR count). The van der Waals surface area contributed by atoms with E-state index in [2.05, 4.69) is 5.32 Å². The molecule has 0 saturated carbocycles. The fourth-order valence-corrected chi connectivity index (χ4v) is 2.51. The summed E-state index contributed by atoms with van der Waals surface area (Å²) in [6.07, 6.45) is 0. The Balaban J connectivity index is 2.04. The summed E-state index contributed by atoms with van der Waals surface area (Å²) in [5, 5.41) is 3.51. The SMILES string of the molecule is Cc1cccc(NC(=O)CN(C)C(=O)c2ccc(Cl)c(Cl)c2)c1C. The number of amides is 2. The van der Waals surface area contributed by atoms with Crippen molar-refractivity contribution in [3.63, 3.8) is 0 Å². The number of rotatable bonds is 4. The summed E-state index contributed by atoms with van der Waals surface area (Å²) >= 11 is 11.8. The minimum absolute atomic E-state index is 0.0630. The zero-order valence-electron chi connectivity index (χ0n) is 13.7. The lowest BCUT2D eigenvalue weighted by atomic mass is 10.1. The van der Waals surface area contributed by atoms with Gasteiger partial charge in [-0.15, -0.1) is 0 Å².